The first kappa shape index (κ1) is 18.0. The van der Waals surface area contributed by atoms with Gasteiger partial charge in [0.1, 0.15) is 17.7 Å². The number of aromatic nitrogens is 3. The normalized spacial score (nSPS) is 15.9. The van der Waals surface area contributed by atoms with E-state index in [1.54, 1.807) is 18.4 Å². The zero-order chi connectivity index (χ0) is 19.6. The molecule has 0 amide bonds. The van der Waals surface area contributed by atoms with Gasteiger partial charge < -0.3 is 8.82 Å². The van der Waals surface area contributed by atoms with Crippen LogP contribution in [0.1, 0.15) is 11.4 Å². The standard InChI is InChI=1S/C22H22FN5O/c23-18-5-3-4-17(12-18)22-25-20(16-29-22)14-27-10-8-26(9-11-27)13-19-15-28-7-2-1-6-21(28)24-19/h1-7,12,15-16H,8-11,13-14H2. The number of piperazine rings is 1. The topological polar surface area (TPSA) is 49.8 Å². The van der Waals surface area contributed by atoms with Crippen LogP contribution in [0.4, 0.5) is 4.39 Å². The van der Waals surface area contributed by atoms with Crippen LogP contribution in [-0.4, -0.2) is 50.3 Å². The highest BCUT2D eigenvalue weighted by Crippen LogP contribution is 2.20. The van der Waals surface area contributed by atoms with Crippen molar-refractivity contribution in [1.82, 2.24) is 24.2 Å². The largest absolute Gasteiger partial charge is 0.444 e. The SMILES string of the molecule is Fc1cccc(-c2nc(CN3CCN(Cc4cn5ccccc5n4)CC3)co2)c1. The molecular formula is C22H22FN5O. The van der Waals surface area contributed by atoms with Crippen molar-refractivity contribution in [3.63, 3.8) is 0 Å². The third-order valence-electron chi connectivity index (χ3n) is 5.27. The van der Waals surface area contributed by atoms with E-state index in [-0.39, 0.29) is 5.82 Å². The lowest BCUT2D eigenvalue weighted by Gasteiger charge is -2.33. The Balaban J connectivity index is 1.16. The Bertz CT molecular complexity index is 1080. The first-order valence-electron chi connectivity index (χ1n) is 9.81. The number of hydrogen-bond donors (Lipinski definition) is 0. The molecule has 4 aromatic rings. The van der Waals surface area contributed by atoms with Gasteiger partial charge in [0.15, 0.2) is 0 Å². The van der Waals surface area contributed by atoms with Crippen molar-refractivity contribution < 1.29 is 8.81 Å². The third kappa shape index (κ3) is 4.06. The van der Waals surface area contributed by atoms with Crippen LogP contribution in [0, 0.1) is 5.82 Å². The molecule has 1 aliphatic heterocycles. The molecule has 0 atom stereocenters. The highest BCUT2D eigenvalue weighted by molar-refractivity contribution is 5.52. The fourth-order valence-electron chi connectivity index (χ4n) is 3.76. The van der Waals surface area contributed by atoms with Crippen LogP contribution < -0.4 is 0 Å². The summed E-state index contributed by atoms with van der Waals surface area (Å²) >= 11 is 0. The molecule has 0 bridgehead atoms. The van der Waals surface area contributed by atoms with Gasteiger partial charge in [0.05, 0.1) is 11.4 Å². The summed E-state index contributed by atoms with van der Waals surface area (Å²) in [7, 11) is 0. The Hall–Kier alpha value is -3.03. The Labute approximate surface area is 168 Å². The monoisotopic (exact) mass is 391 g/mol. The molecule has 1 aliphatic rings. The van der Waals surface area contributed by atoms with Crippen LogP contribution in [0.25, 0.3) is 17.1 Å². The molecule has 6 nitrogen and oxygen atoms in total. The van der Waals surface area contributed by atoms with Crippen LogP contribution in [-0.2, 0) is 13.1 Å². The molecule has 5 rings (SSSR count). The summed E-state index contributed by atoms with van der Waals surface area (Å²) in [6.45, 7) is 5.51. The predicted molar refractivity (Wildman–Crippen MR) is 108 cm³/mol. The van der Waals surface area contributed by atoms with Crippen LogP contribution in [0.2, 0.25) is 0 Å². The van der Waals surface area contributed by atoms with E-state index in [0.717, 1.165) is 56.3 Å². The molecule has 1 saturated heterocycles. The minimum absolute atomic E-state index is 0.288. The maximum atomic E-state index is 13.4. The molecule has 0 radical (unpaired) electrons. The average Bonchev–Trinajstić information content (AvgIpc) is 3.36. The molecule has 0 N–H and O–H groups in total. The lowest BCUT2D eigenvalue weighted by atomic mass is 10.2. The second kappa shape index (κ2) is 7.77. The number of rotatable bonds is 5. The molecule has 0 saturated carbocycles. The molecule has 3 aromatic heterocycles. The fraction of sp³-hybridized carbons (Fsp3) is 0.273. The van der Waals surface area contributed by atoms with Crippen molar-refractivity contribution >= 4 is 5.65 Å². The Kier molecular flexibility index (Phi) is 4.83. The highest BCUT2D eigenvalue weighted by atomic mass is 19.1. The van der Waals surface area contributed by atoms with E-state index in [2.05, 4.69) is 30.4 Å². The van der Waals surface area contributed by atoms with E-state index in [4.69, 9.17) is 4.42 Å². The minimum atomic E-state index is -0.288. The van der Waals surface area contributed by atoms with Crippen molar-refractivity contribution in [3.05, 3.63) is 78.3 Å². The molecule has 0 unspecified atom stereocenters. The van der Waals surface area contributed by atoms with Gasteiger partial charge in [-0.2, -0.15) is 0 Å². The molecule has 148 valence electrons. The average molecular weight is 391 g/mol. The smallest absolute Gasteiger partial charge is 0.226 e. The van der Waals surface area contributed by atoms with Gasteiger partial charge in [0.25, 0.3) is 0 Å². The van der Waals surface area contributed by atoms with Gasteiger partial charge in [-0.25, -0.2) is 14.4 Å². The van der Waals surface area contributed by atoms with E-state index in [1.807, 2.05) is 24.4 Å². The van der Waals surface area contributed by atoms with Crippen molar-refractivity contribution in [2.45, 2.75) is 13.1 Å². The van der Waals surface area contributed by atoms with Gasteiger partial charge in [0.2, 0.25) is 5.89 Å². The lowest BCUT2D eigenvalue weighted by molar-refractivity contribution is 0.120. The summed E-state index contributed by atoms with van der Waals surface area (Å²) < 4.78 is 21.0. The van der Waals surface area contributed by atoms with Crippen LogP contribution in [0.3, 0.4) is 0 Å². The zero-order valence-corrected chi connectivity index (χ0v) is 16.0. The van der Waals surface area contributed by atoms with E-state index in [0.29, 0.717) is 11.5 Å². The van der Waals surface area contributed by atoms with Gasteiger partial charge in [-0.1, -0.05) is 12.1 Å². The summed E-state index contributed by atoms with van der Waals surface area (Å²) in [6.07, 6.45) is 5.80. The van der Waals surface area contributed by atoms with Gasteiger partial charge in [-0.3, -0.25) is 9.80 Å². The molecule has 1 aromatic carbocycles. The Morgan fingerprint density at radius 3 is 2.45 bits per heavy atom. The maximum Gasteiger partial charge on any atom is 0.226 e. The first-order valence-corrected chi connectivity index (χ1v) is 9.81. The quantitative estimate of drug-likeness (QED) is 0.522. The summed E-state index contributed by atoms with van der Waals surface area (Å²) in [4.78, 5) is 14.0. The zero-order valence-electron chi connectivity index (χ0n) is 16.0. The maximum absolute atomic E-state index is 13.4. The van der Waals surface area contributed by atoms with Crippen LogP contribution in [0.5, 0.6) is 0 Å². The number of halogens is 1. The van der Waals surface area contributed by atoms with Crippen LogP contribution in [0.15, 0.2) is 65.5 Å². The number of pyridine rings is 1. The molecule has 29 heavy (non-hydrogen) atoms. The van der Waals surface area contributed by atoms with Crippen molar-refractivity contribution in [2.24, 2.45) is 0 Å². The molecular weight excluding hydrogens is 369 g/mol. The van der Waals surface area contributed by atoms with Crippen molar-refractivity contribution in [3.8, 4) is 11.5 Å². The van der Waals surface area contributed by atoms with E-state index in [9.17, 15) is 4.39 Å². The fourth-order valence-corrected chi connectivity index (χ4v) is 3.76. The number of hydrogen-bond acceptors (Lipinski definition) is 5. The van der Waals surface area contributed by atoms with Crippen molar-refractivity contribution in [1.29, 1.82) is 0 Å². The summed E-state index contributed by atoms with van der Waals surface area (Å²) in [5.41, 5.74) is 3.62. The number of nitrogens with zero attached hydrogens (tertiary/aromatic N) is 5. The highest BCUT2D eigenvalue weighted by Gasteiger charge is 2.19. The summed E-state index contributed by atoms with van der Waals surface area (Å²) in [5.74, 6) is 0.175. The summed E-state index contributed by atoms with van der Waals surface area (Å²) in [6, 6.07) is 12.4. The Morgan fingerprint density at radius 2 is 1.69 bits per heavy atom. The van der Waals surface area contributed by atoms with Gasteiger partial charge in [-0.15, -0.1) is 0 Å². The minimum Gasteiger partial charge on any atom is -0.444 e. The number of imidazole rings is 1. The molecule has 1 fully saturated rings. The summed E-state index contributed by atoms with van der Waals surface area (Å²) in [5, 5.41) is 0. The van der Waals surface area contributed by atoms with E-state index < -0.39 is 0 Å². The lowest BCUT2D eigenvalue weighted by Crippen LogP contribution is -2.45. The molecule has 0 aliphatic carbocycles. The van der Waals surface area contributed by atoms with Crippen LogP contribution >= 0.6 is 0 Å². The van der Waals surface area contributed by atoms with Crippen molar-refractivity contribution in [2.75, 3.05) is 26.2 Å². The number of fused-ring (bicyclic) bond motifs is 1. The second-order valence-corrected chi connectivity index (χ2v) is 7.40. The Morgan fingerprint density at radius 1 is 0.897 bits per heavy atom. The van der Waals surface area contributed by atoms with E-state index in [1.165, 1.54) is 12.1 Å². The predicted octanol–water partition coefficient (Wildman–Crippen LogP) is 3.45. The molecule has 0 spiro atoms. The third-order valence-corrected chi connectivity index (χ3v) is 5.27. The number of benzene rings is 1. The second-order valence-electron chi connectivity index (χ2n) is 7.40. The molecule has 4 heterocycles. The molecule has 7 heteroatoms. The van der Waals surface area contributed by atoms with Gasteiger partial charge >= 0.3 is 0 Å². The first-order chi connectivity index (χ1) is 14.2. The van der Waals surface area contributed by atoms with Gasteiger partial charge in [-0.05, 0) is 30.3 Å². The number of oxazole rings is 1. The van der Waals surface area contributed by atoms with Gasteiger partial charge in [0, 0.05) is 57.2 Å². The van der Waals surface area contributed by atoms with E-state index >= 15 is 0 Å².